The quantitative estimate of drug-likeness (QED) is 0.723. The number of hydrogen-bond acceptors (Lipinski definition) is 5. The molecule has 0 atom stereocenters. The Hall–Kier alpha value is -2.57. The molecule has 3 rings (SSSR count). The van der Waals surface area contributed by atoms with Gasteiger partial charge in [-0.3, -0.25) is 4.79 Å². The van der Waals surface area contributed by atoms with Gasteiger partial charge in [-0.2, -0.15) is 0 Å². The fraction of sp³-hybridized carbons (Fsp3) is 0.381. The molecule has 0 spiro atoms. The van der Waals surface area contributed by atoms with Crippen LogP contribution in [0.5, 0.6) is 11.5 Å². The van der Waals surface area contributed by atoms with Crippen LogP contribution in [0.2, 0.25) is 0 Å². The van der Waals surface area contributed by atoms with Gasteiger partial charge in [-0.05, 0) is 48.7 Å². The maximum atomic E-state index is 10.8. The third kappa shape index (κ3) is 5.45. The smallest absolute Gasteiger partial charge is 0.303 e. The highest BCUT2D eigenvalue weighted by atomic mass is 16.7. The lowest BCUT2D eigenvalue weighted by Gasteiger charge is -2.17. The molecule has 0 amide bonds. The number of rotatable bonds is 9. The maximum Gasteiger partial charge on any atom is 0.303 e. The molecule has 6 heteroatoms. The summed E-state index contributed by atoms with van der Waals surface area (Å²) in [4.78, 5) is 10.8. The zero-order valence-corrected chi connectivity index (χ0v) is 15.3. The minimum atomic E-state index is -0.819. The van der Waals surface area contributed by atoms with Gasteiger partial charge in [0.2, 0.25) is 0 Å². The van der Waals surface area contributed by atoms with E-state index in [2.05, 4.69) is 0 Å². The number of ether oxygens (including phenoxy) is 4. The van der Waals surface area contributed by atoms with Gasteiger partial charge >= 0.3 is 5.97 Å². The maximum absolute atomic E-state index is 10.8. The van der Waals surface area contributed by atoms with Gasteiger partial charge in [0.15, 0.2) is 6.29 Å². The molecule has 0 bridgehead atoms. The highest BCUT2D eigenvalue weighted by Gasteiger charge is 2.23. The van der Waals surface area contributed by atoms with Crippen LogP contribution in [0.1, 0.15) is 36.3 Å². The molecule has 0 unspecified atom stereocenters. The van der Waals surface area contributed by atoms with Crippen LogP contribution >= 0.6 is 0 Å². The summed E-state index contributed by atoms with van der Waals surface area (Å²) in [6.45, 7) is 4.05. The van der Waals surface area contributed by atoms with Gasteiger partial charge in [-0.1, -0.05) is 18.2 Å². The standard InChI is InChI=1S/C21H24O6/c1-2-24-17-7-3-16(4-8-17)14-27-19-9-5-15(6-10-20(22)23)13-18(19)21-25-11-12-26-21/h3-5,7-9,13,21H,2,6,10-12,14H2,1H3,(H,22,23). The zero-order chi connectivity index (χ0) is 19.1. The molecule has 1 saturated heterocycles. The van der Waals surface area contributed by atoms with E-state index in [9.17, 15) is 4.79 Å². The van der Waals surface area contributed by atoms with E-state index in [0.29, 0.717) is 38.6 Å². The van der Waals surface area contributed by atoms with Crippen molar-refractivity contribution in [1.29, 1.82) is 0 Å². The Bertz CT molecular complexity index is 750. The molecular formula is C21H24O6. The third-order valence-corrected chi connectivity index (χ3v) is 4.21. The van der Waals surface area contributed by atoms with Crippen LogP contribution in [0.3, 0.4) is 0 Å². The molecular weight excluding hydrogens is 348 g/mol. The Morgan fingerprint density at radius 3 is 2.44 bits per heavy atom. The van der Waals surface area contributed by atoms with E-state index in [4.69, 9.17) is 24.1 Å². The molecule has 0 saturated carbocycles. The molecule has 2 aromatic carbocycles. The van der Waals surface area contributed by atoms with Crippen molar-refractivity contribution in [2.24, 2.45) is 0 Å². The molecule has 144 valence electrons. The summed E-state index contributed by atoms with van der Waals surface area (Å²) < 4.78 is 22.7. The minimum Gasteiger partial charge on any atom is -0.494 e. The van der Waals surface area contributed by atoms with Crippen LogP contribution < -0.4 is 9.47 Å². The van der Waals surface area contributed by atoms with Crippen LogP contribution in [0, 0.1) is 0 Å². The average molecular weight is 372 g/mol. The Kier molecular flexibility index (Phi) is 6.68. The molecule has 0 aromatic heterocycles. The summed E-state index contributed by atoms with van der Waals surface area (Å²) in [5.41, 5.74) is 2.73. The number of benzene rings is 2. The molecule has 1 N–H and O–H groups in total. The van der Waals surface area contributed by atoms with Crippen LogP contribution in [0.4, 0.5) is 0 Å². The number of carboxylic acids is 1. The number of hydrogen-bond donors (Lipinski definition) is 1. The first-order valence-electron chi connectivity index (χ1n) is 9.08. The van der Waals surface area contributed by atoms with E-state index in [1.54, 1.807) is 0 Å². The molecule has 0 radical (unpaired) electrons. The predicted octanol–water partition coefficient (Wildman–Crippen LogP) is 3.73. The lowest BCUT2D eigenvalue weighted by atomic mass is 10.0. The molecule has 0 aliphatic carbocycles. The summed E-state index contributed by atoms with van der Waals surface area (Å²) in [6.07, 6.45) is 0.0528. The molecule has 2 aromatic rings. The number of aryl methyl sites for hydroxylation is 1. The fourth-order valence-corrected chi connectivity index (χ4v) is 2.87. The van der Waals surface area contributed by atoms with E-state index >= 15 is 0 Å². The predicted molar refractivity (Wildman–Crippen MR) is 99.0 cm³/mol. The lowest BCUT2D eigenvalue weighted by Crippen LogP contribution is -2.06. The second kappa shape index (κ2) is 9.39. The third-order valence-electron chi connectivity index (χ3n) is 4.21. The van der Waals surface area contributed by atoms with Gasteiger partial charge in [-0.15, -0.1) is 0 Å². The van der Waals surface area contributed by atoms with Gasteiger partial charge in [0.1, 0.15) is 18.1 Å². The highest BCUT2D eigenvalue weighted by molar-refractivity contribution is 5.67. The summed E-state index contributed by atoms with van der Waals surface area (Å²) in [5.74, 6) is 0.688. The topological polar surface area (TPSA) is 74.2 Å². The van der Waals surface area contributed by atoms with E-state index in [0.717, 1.165) is 22.4 Å². The van der Waals surface area contributed by atoms with Crippen molar-refractivity contribution in [2.75, 3.05) is 19.8 Å². The fourth-order valence-electron chi connectivity index (χ4n) is 2.87. The Labute approximate surface area is 158 Å². The Morgan fingerprint density at radius 2 is 1.78 bits per heavy atom. The number of carbonyl (C=O) groups is 1. The van der Waals surface area contributed by atoms with E-state index < -0.39 is 12.3 Å². The van der Waals surface area contributed by atoms with Gasteiger partial charge in [0.05, 0.1) is 25.4 Å². The lowest BCUT2D eigenvalue weighted by molar-refractivity contribution is -0.136. The first-order valence-corrected chi connectivity index (χ1v) is 9.08. The summed E-state index contributed by atoms with van der Waals surface area (Å²) in [5, 5.41) is 8.89. The van der Waals surface area contributed by atoms with E-state index in [1.807, 2.05) is 49.4 Å². The van der Waals surface area contributed by atoms with Crippen molar-refractivity contribution < 1.29 is 28.8 Å². The number of carboxylic acid groups (broad SMARTS) is 1. The van der Waals surface area contributed by atoms with Crippen molar-refractivity contribution in [3.63, 3.8) is 0 Å². The first kappa shape index (κ1) is 19.2. The number of aliphatic carboxylic acids is 1. The van der Waals surface area contributed by atoms with Crippen molar-refractivity contribution in [3.05, 3.63) is 59.2 Å². The molecule has 6 nitrogen and oxygen atoms in total. The van der Waals surface area contributed by atoms with Crippen molar-refractivity contribution in [2.45, 2.75) is 32.7 Å². The Balaban J connectivity index is 1.71. The highest BCUT2D eigenvalue weighted by Crippen LogP contribution is 2.33. The van der Waals surface area contributed by atoms with Crippen LogP contribution in [0.15, 0.2) is 42.5 Å². The summed E-state index contributed by atoms with van der Waals surface area (Å²) >= 11 is 0. The monoisotopic (exact) mass is 372 g/mol. The SMILES string of the molecule is CCOc1ccc(COc2ccc(CCC(=O)O)cc2C2OCCO2)cc1. The molecule has 1 fully saturated rings. The van der Waals surface area contributed by atoms with Crippen molar-refractivity contribution in [1.82, 2.24) is 0 Å². The average Bonchev–Trinajstić information content (AvgIpc) is 3.21. The van der Waals surface area contributed by atoms with Crippen LogP contribution in [-0.2, 0) is 27.3 Å². The molecule has 1 aliphatic heterocycles. The first-order chi connectivity index (χ1) is 13.2. The molecule has 1 aliphatic rings. The Morgan fingerprint density at radius 1 is 1.07 bits per heavy atom. The second-order valence-corrected chi connectivity index (χ2v) is 6.21. The normalized spacial score (nSPS) is 14.3. The zero-order valence-electron chi connectivity index (χ0n) is 15.3. The summed E-state index contributed by atoms with van der Waals surface area (Å²) in [6, 6.07) is 13.4. The second-order valence-electron chi connectivity index (χ2n) is 6.21. The van der Waals surface area contributed by atoms with E-state index in [-0.39, 0.29) is 6.42 Å². The van der Waals surface area contributed by atoms with E-state index in [1.165, 1.54) is 0 Å². The van der Waals surface area contributed by atoms with Crippen LogP contribution in [-0.4, -0.2) is 30.9 Å². The van der Waals surface area contributed by atoms with Gasteiger partial charge in [0, 0.05) is 6.42 Å². The van der Waals surface area contributed by atoms with Gasteiger partial charge in [0.25, 0.3) is 0 Å². The molecule has 27 heavy (non-hydrogen) atoms. The van der Waals surface area contributed by atoms with Crippen molar-refractivity contribution in [3.8, 4) is 11.5 Å². The van der Waals surface area contributed by atoms with Gasteiger partial charge < -0.3 is 24.1 Å². The summed E-state index contributed by atoms with van der Waals surface area (Å²) in [7, 11) is 0. The van der Waals surface area contributed by atoms with Gasteiger partial charge in [-0.25, -0.2) is 0 Å². The minimum absolute atomic E-state index is 0.0816. The van der Waals surface area contributed by atoms with Crippen LogP contribution in [0.25, 0.3) is 0 Å². The van der Waals surface area contributed by atoms with Crippen molar-refractivity contribution >= 4 is 5.97 Å². The molecule has 1 heterocycles. The largest absolute Gasteiger partial charge is 0.494 e.